The highest BCUT2D eigenvalue weighted by atomic mass is 32.2. The highest BCUT2D eigenvalue weighted by Crippen LogP contribution is 2.20. The van der Waals surface area contributed by atoms with Crippen LogP contribution in [0.1, 0.15) is 46.5 Å². The molecule has 0 aromatic heterocycles. The third-order valence-electron chi connectivity index (χ3n) is 6.12. The number of likely N-dealkylation sites (tertiary alicyclic amines) is 1. The van der Waals surface area contributed by atoms with Gasteiger partial charge in [-0.3, -0.25) is 4.79 Å². The van der Waals surface area contributed by atoms with Crippen molar-refractivity contribution in [3.63, 3.8) is 0 Å². The Hall–Kier alpha value is -1.96. The van der Waals surface area contributed by atoms with Gasteiger partial charge in [-0.2, -0.15) is 4.72 Å². The minimum Gasteiger partial charge on any atom is -0.355 e. The van der Waals surface area contributed by atoms with Crippen molar-refractivity contribution in [3.8, 4) is 0 Å². The monoisotopic (exact) mass is 445 g/mol. The van der Waals surface area contributed by atoms with Crippen molar-refractivity contribution in [2.75, 3.05) is 19.6 Å². The van der Waals surface area contributed by atoms with Crippen LogP contribution in [0.4, 0.5) is 0 Å². The molecule has 31 heavy (non-hydrogen) atoms. The number of carbonyl (C=O) groups is 1. The first-order valence-corrected chi connectivity index (χ1v) is 12.8. The molecule has 2 unspecified atom stereocenters. The summed E-state index contributed by atoms with van der Waals surface area (Å²) in [6, 6.07) is 12.4. The van der Waals surface area contributed by atoms with Gasteiger partial charge in [0.1, 0.15) is 6.04 Å². The molecule has 170 valence electrons. The zero-order valence-electron chi connectivity index (χ0n) is 18.8. The van der Waals surface area contributed by atoms with Gasteiger partial charge in [0.25, 0.3) is 0 Å². The van der Waals surface area contributed by atoms with Gasteiger partial charge in [-0.25, -0.2) is 8.42 Å². The molecule has 1 amide bonds. The van der Waals surface area contributed by atoms with E-state index < -0.39 is 16.1 Å². The predicted molar refractivity (Wildman–Crippen MR) is 125 cm³/mol. The second-order valence-corrected chi connectivity index (χ2v) is 10.6. The van der Waals surface area contributed by atoms with Gasteiger partial charge in [0.2, 0.25) is 15.9 Å². The molecular formula is C24H35N3O3S. The molecule has 2 atom stereocenters. The second kappa shape index (κ2) is 10.6. The summed E-state index contributed by atoms with van der Waals surface area (Å²) in [5.74, 6) is -0.441. The third-order valence-corrected chi connectivity index (χ3v) is 7.56. The molecule has 2 aromatic rings. The number of carbonyl (C=O) groups excluding carboxylic acids is 1. The van der Waals surface area contributed by atoms with Crippen molar-refractivity contribution in [2.45, 2.75) is 63.4 Å². The van der Waals surface area contributed by atoms with E-state index in [4.69, 9.17) is 0 Å². The molecule has 7 heteroatoms. The minimum absolute atomic E-state index is 0.169. The van der Waals surface area contributed by atoms with Crippen LogP contribution in [-0.2, 0) is 14.8 Å². The van der Waals surface area contributed by atoms with Crippen LogP contribution in [0.25, 0.3) is 10.8 Å². The number of benzene rings is 2. The van der Waals surface area contributed by atoms with Gasteiger partial charge in [0.05, 0.1) is 4.90 Å². The Morgan fingerprint density at radius 2 is 1.87 bits per heavy atom. The molecule has 0 spiro atoms. The lowest BCUT2D eigenvalue weighted by Gasteiger charge is -2.33. The van der Waals surface area contributed by atoms with Crippen molar-refractivity contribution in [1.82, 2.24) is 14.9 Å². The van der Waals surface area contributed by atoms with Gasteiger partial charge < -0.3 is 10.2 Å². The van der Waals surface area contributed by atoms with Crippen LogP contribution in [0, 0.1) is 5.92 Å². The average Bonchev–Trinajstić information content (AvgIpc) is 2.75. The van der Waals surface area contributed by atoms with Gasteiger partial charge in [-0.05, 0) is 61.6 Å². The molecular weight excluding hydrogens is 410 g/mol. The number of nitrogens with one attached hydrogen (secondary N) is 2. The zero-order chi connectivity index (χ0) is 22.4. The fourth-order valence-corrected chi connectivity index (χ4v) is 5.53. The summed E-state index contributed by atoms with van der Waals surface area (Å²) < 4.78 is 28.6. The maximum atomic E-state index is 13.0. The Balaban J connectivity index is 1.59. The van der Waals surface area contributed by atoms with Crippen LogP contribution >= 0.6 is 0 Å². The fourth-order valence-electron chi connectivity index (χ4n) is 4.16. The highest BCUT2D eigenvalue weighted by Gasteiger charge is 2.28. The molecule has 0 bridgehead atoms. The minimum atomic E-state index is -3.82. The molecule has 2 N–H and O–H groups in total. The van der Waals surface area contributed by atoms with E-state index >= 15 is 0 Å². The van der Waals surface area contributed by atoms with Crippen LogP contribution < -0.4 is 10.0 Å². The molecule has 0 radical (unpaired) electrons. The van der Waals surface area contributed by atoms with Crippen LogP contribution in [0.5, 0.6) is 0 Å². The standard InChI is InChI=1S/C24H35N3O3S/c1-18(2)23(24(28)25-14-8-16-27-15-7-6-9-19(27)3)26-31(29,30)22-13-12-20-10-4-5-11-21(20)17-22/h4-5,10-13,17-19,23,26H,6-9,14-16H2,1-3H3,(H,25,28). The van der Waals surface area contributed by atoms with Gasteiger partial charge in [-0.15, -0.1) is 0 Å². The second-order valence-electron chi connectivity index (χ2n) is 8.88. The van der Waals surface area contributed by atoms with E-state index in [-0.39, 0.29) is 16.7 Å². The van der Waals surface area contributed by atoms with Gasteiger partial charge >= 0.3 is 0 Å². The average molecular weight is 446 g/mol. The van der Waals surface area contributed by atoms with E-state index in [9.17, 15) is 13.2 Å². The molecule has 0 saturated carbocycles. The summed E-state index contributed by atoms with van der Waals surface area (Å²) in [7, 11) is -3.82. The summed E-state index contributed by atoms with van der Waals surface area (Å²) in [6.45, 7) is 8.58. The summed E-state index contributed by atoms with van der Waals surface area (Å²) in [6.07, 6.45) is 4.63. The lowest BCUT2D eigenvalue weighted by atomic mass is 10.0. The van der Waals surface area contributed by atoms with E-state index in [1.165, 1.54) is 19.3 Å². The van der Waals surface area contributed by atoms with Gasteiger partial charge in [-0.1, -0.05) is 50.6 Å². The third kappa shape index (κ3) is 6.28. The van der Waals surface area contributed by atoms with Crippen molar-refractivity contribution in [1.29, 1.82) is 0 Å². The molecule has 1 fully saturated rings. The molecule has 1 aliphatic heterocycles. The molecule has 2 aromatic carbocycles. The summed E-state index contributed by atoms with van der Waals surface area (Å²) in [5.41, 5.74) is 0. The number of hydrogen-bond donors (Lipinski definition) is 2. The maximum Gasteiger partial charge on any atom is 0.241 e. The number of rotatable bonds is 9. The first kappa shape index (κ1) is 23.7. The van der Waals surface area contributed by atoms with Gasteiger partial charge in [0, 0.05) is 19.1 Å². The van der Waals surface area contributed by atoms with Crippen LogP contribution in [0.15, 0.2) is 47.4 Å². The zero-order valence-corrected chi connectivity index (χ0v) is 19.6. The van der Waals surface area contributed by atoms with Crippen molar-refractivity contribution in [2.24, 2.45) is 5.92 Å². The maximum absolute atomic E-state index is 13.0. The van der Waals surface area contributed by atoms with E-state index in [1.54, 1.807) is 18.2 Å². The predicted octanol–water partition coefficient (Wildman–Crippen LogP) is 3.52. The lowest BCUT2D eigenvalue weighted by Crippen LogP contribution is -2.50. The Kier molecular flexibility index (Phi) is 8.08. The number of nitrogens with zero attached hydrogens (tertiary/aromatic N) is 1. The van der Waals surface area contributed by atoms with Crippen molar-refractivity contribution >= 4 is 26.7 Å². The van der Waals surface area contributed by atoms with Crippen molar-refractivity contribution < 1.29 is 13.2 Å². The Morgan fingerprint density at radius 1 is 1.13 bits per heavy atom. The highest BCUT2D eigenvalue weighted by molar-refractivity contribution is 7.89. The number of sulfonamides is 1. The van der Waals surface area contributed by atoms with Crippen LogP contribution in [-0.4, -0.2) is 50.9 Å². The molecule has 1 aliphatic rings. The summed E-state index contributed by atoms with van der Waals surface area (Å²) in [5, 5.41) is 4.75. The number of amides is 1. The number of piperidine rings is 1. The molecule has 6 nitrogen and oxygen atoms in total. The molecule has 0 aliphatic carbocycles. The first-order chi connectivity index (χ1) is 14.8. The number of fused-ring (bicyclic) bond motifs is 1. The molecule has 1 heterocycles. The smallest absolute Gasteiger partial charge is 0.241 e. The van der Waals surface area contributed by atoms with E-state index in [0.717, 1.165) is 30.3 Å². The van der Waals surface area contributed by atoms with E-state index in [1.807, 2.05) is 38.1 Å². The van der Waals surface area contributed by atoms with E-state index in [2.05, 4.69) is 21.9 Å². The molecule has 1 saturated heterocycles. The van der Waals surface area contributed by atoms with Gasteiger partial charge in [0.15, 0.2) is 0 Å². The van der Waals surface area contributed by atoms with Crippen LogP contribution in [0.2, 0.25) is 0 Å². The first-order valence-electron chi connectivity index (χ1n) is 11.3. The van der Waals surface area contributed by atoms with E-state index in [0.29, 0.717) is 12.6 Å². The lowest BCUT2D eigenvalue weighted by molar-refractivity contribution is -0.123. The topological polar surface area (TPSA) is 78.5 Å². The fraction of sp³-hybridized carbons (Fsp3) is 0.542. The summed E-state index contributed by atoms with van der Waals surface area (Å²) in [4.78, 5) is 15.4. The quantitative estimate of drug-likeness (QED) is 0.579. The Morgan fingerprint density at radius 3 is 2.58 bits per heavy atom. The molecule has 3 rings (SSSR count). The Bertz CT molecular complexity index is 990. The number of hydrogen-bond acceptors (Lipinski definition) is 4. The summed E-state index contributed by atoms with van der Waals surface area (Å²) >= 11 is 0. The Labute approximate surface area is 186 Å². The largest absolute Gasteiger partial charge is 0.355 e. The SMILES string of the molecule is CC(C)C(NS(=O)(=O)c1ccc2ccccc2c1)C(=O)NCCCN1CCCCC1C. The normalized spacial score (nSPS) is 18.9. The van der Waals surface area contributed by atoms with Crippen molar-refractivity contribution in [3.05, 3.63) is 42.5 Å². The van der Waals surface area contributed by atoms with Crippen LogP contribution in [0.3, 0.4) is 0 Å².